The summed E-state index contributed by atoms with van der Waals surface area (Å²) < 4.78 is 42.2. The second kappa shape index (κ2) is 7.25. The average molecular weight is 431 g/mol. The van der Waals surface area contributed by atoms with E-state index in [1.54, 1.807) is 16.6 Å². The molecule has 3 heterocycles. The van der Waals surface area contributed by atoms with Gasteiger partial charge in [-0.2, -0.15) is 23.4 Å². The van der Waals surface area contributed by atoms with Gasteiger partial charge in [0.05, 0.1) is 23.1 Å². The number of hydrogen-bond donors (Lipinski definition) is 0. The van der Waals surface area contributed by atoms with Gasteiger partial charge in [0.25, 0.3) is 5.91 Å². The van der Waals surface area contributed by atoms with Crippen LogP contribution in [0.2, 0.25) is 0 Å². The van der Waals surface area contributed by atoms with Crippen LogP contribution >= 0.6 is 0 Å². The molecule has 1 aromatic carbocycles. The van der Waals surface area contributed by atoms with E-state index in [4.69, 9.17) is 0 Å². The minimum Gasteiger partial charge on any atom is -0.330 e. The molecule has 2 aromatic heterocycles. The smallest absolute Gasteiger partial charge is 0.330 e. The van der Waals surface area contributed by atoms with E-state index in [-0.39, 0.29) is 11.9 Å². The van der Waals surface area contributed by atoms with Gasteiger partial charge in [-0.3, -0.25) is 14.2 Å². The summed E-state index contributed by atoms with van der Waals surface area (Å²) >= 11 is 0. The van der Waals surface area contributed by atoms with Gasteiger partial charge in [-0.15, -0.1) is 0 Å². The number of carbonyl (C=O) groups is 1. The molecule has 6 nitrogen and oxygen atoms in total. The Morgan fingerprint density at radius 2 is 1.77 bits per heavy atom. The van der Waals surface area contributed by atoms with Crippen molar-refractivity contribution < 1.29 is 18.0 Å². The molecule has 1 atom stereocenters. The van der Waals surface area contributed by atoms with E-state index in [0.717, 1.165) is 22.8 Å². The molecule has 164 valence electrons. The number of aromatic nitrogens is 4. The van der Waals surface area contributed by atoms with Crippen LogP contribution < -0.4 is 0 Å². The highest BCUT2D eigenvalue weighted by Gasteiger charge is 2.37. The van der Waals surface area contributed by atoms with Crippen molar-refractivity contribution >= 4 is 5.91 Å². The lowest BCUT2D eigenvalue weighted by molar-refractivity contribution is -0.141. The lowest BCUT2D eigenvalue weighted by Gasteiger charge is -2.33. The maximum atomic E-state index is 13.2. The maximum absolute atomic E-state index is 13.2. The fourth-order valence-corrected chi connectivity index (χ4v) is 4.21. The lowest BCUT2D eigenvalue weighted by Crippen LogP contribution is -2.39. The molecule has 0 radical (unpaired) electrons. The van der Waals surface area contributed by atoms with Crippen LogP contribution in [0.25, 0.3) is 11.4 Å². The number of hydrogen-bond acceptors (Lipinski definition) is 3. The Labute approximate surface area is 178 Å². The molecule has 0 N–H and O–H groups in total. The van der Waals surface area contributed by atoms with E-state index in [1.807, 2.05) is 39.0 Å². The Hall–Kier alpha value is -3.10. The molecule has 31 heavy (non-hydrogen) atoms. The Balaban J connectivity index is 1.70. The molecular formula is C22H24F3N5O. The molecule has 0 unspecified atom stereocenters. The monoisotopic (exact) mass is 431 g/mol. The first-order valence-electron chi connectivity index (χ1n) is 10.0. The van der Waals surface area contributed by atoms with E-state index in [2.05, 4.69) is 10.2 Å². The molecule has 0 spiro atoms. The number of fused-ring (bicyclic) bond motifs is 1. The van der Waals surface area contributed by atoms with Gasteiger partial charge in [0.15, 0.2) is 5.69 Å². The van der Waals surface area contributed by atoms with E-state index in [1.165, 1.54) is 11.7 Å². The van der Waals surface area contributed by atoms with Crippen molar-refractivity contribution in [3.63, 3.8) is 0 Å². The molecule has 0 saturated heterocycles. The van der Waals surface area contributed by atoms with Crippen molar-refractivity contribution in [3.8, 4) is 11.4 Å². The predicted molar refractivity (Wildman–Crippen MR) is 109 cm³/mol. The fourth-order valence-electron chi connectivity index (χ4n) is 4.21. The van der Waals surface area contributed by atoms with Crippen molar-refractivity contribution in [1.29, 1.82) is 0 Å². The number of aryl methyl sites for hydroxylation is 4. The molecule has 9 heteroatoms. The molecular weight excluding hydrogens is 407 g/mol. The molecule has 3 aromatic rings. The second-order valence-electron chi connectivity index (χ2n) is 8.10. The highest BCUT2D eigenvalue weighted by molar-refractivity contribution is 5.95. The fraction of sp³-hybridized carbons (Fsp3) is 0.409. The molecule has 0 saturated carbocycles. The molecule has 1 aliphatic heterocycles. The molecule has 1 aliphatic rings. The summed E-state index contributed by atoms with van der Waals surface area (Å²) in [6.45, 7) is 6.33. The van der Waals surface area contributed by atoms with Gasteiger partial charge in [0.1, 0.15) is 0 Å². The van der Waals surface area contributed by atoms with Gasteiger partial charge in [0, 0.05) is 31.8 Å². The van der Waals surface area contributed by atoms with Crippen LogP contribution in [0.4, 0.5) is 13.2 Å². The van der Waals surface area contributed by atoms with Crippen molar-refractivity contribution in [2.45, 2.75) is 39.4 Å². The normalized spacial score (nSPS) is 16.5. The van der Waals surface area contributed by atoms with Crippen LogP contribution in [0.5, 0.6) is 0 Å². The lowest BCUT2D eigenvalue weighted by atomic mass is 9.96. The Bertz CT molecular complexity index is 1170. The van der Waals surface area contributed by atoms with Crippen LogP contribution in [0, 0.1) is 13.8 Å². The van der Waals surface area contributed by atoms with Gasteiger partial charge in [-0.1, -0.05) is 6.07 Å². The van der Waals surface area contributed by atoms with Gasteiger partial charge in [-0.25, -0.2) is 0 Å². The zero-order valence-corrected chi connectivity index (χ0v) is 18.1. The Morgan fingerprint density at radius 3 is 2.39 bits per heavy atom. The summed E-state index contributed by atoms with van der Waals surface area (Å²) in [5.41, 5.74) is 4.37. The summed E-state index contributed by atoms with van der Waals surface area (Å²) in [6, 6.07) is 6.40. The quantitative estimate of drug-likeness (QED) is 0.611. The van der Waals surface area contributed by atoms with Gasteiger partial charge in [0.2, 0.25) is 0 Å². The summed E-state index contributed by atoms with van der Waals surface area (Å²) in [5.74, 6) is -0.0756. The maximum Gasteiger partial charge on any atom is 0.435 e. The number of alkyl halides is 3. The van der Waals surface area contributed by atoms with Crippen LogP contribution in [0.3, 0.4) is 0 Å². The highest BCUT2D eigenvalue weighted by atomic mass is 19.4. The Kier molecular flexibility index (Phi) is 4.94. The number of halogens is 3. The third kappa shape index (κ3) is 3.51. The van der Waals surface area contributed by atoms with Crippen LogP contribution in [0.1, 0.15) is 51.4 Å². The second-order valence-corrected chi connectivity index (χ2v) is 8.10. The SMILES string of the molecule is Cc1ccc(C(=O)N2CCc3c(nn(C)c3-c3cc(C(F)(F)F)nn3C)[C@@H]2C)cc1C. The van der Waals surface area contributed by atoms with Crippen molar-refractivity contribution in [3.05, 3.63) is 57.9 Å². The highest BCUT2D eigenvalue weighted by Crippen LogP contribution is 2.38. The first-order valence-corrected chi connectivity index (χ1v) is 10.0. The first kappa shape index (κ1) is 21.1. The number of amides is 1. The van der Waals surface area contributed by atoms with Gasteiger partial charge < -0.3 is 4.90 Å². The van der Waals surface area contributed by atoms with E-state index in [9.17, 15) is 18.0 Å². The summed E-state index contributed by atoms with van der Waals surface area (Å²) in [5, 5.41) is 8.21. The van der Waals surface area contributed by atoms with E-state index >= 15 is 0 Å². The standard InChI is InChI=1S/C22H24F3N5O/c1-12-6-7-15(10-13(12)2)21(31)30-9-8-16-19(14(30)3)27-29(5)20(16)17-11-18(22(23,24)25)26-28(17)4/h6-7,10-11,14H,8-9H2,1-5H3/t14-/m0/s1. The zero-order valence-electron chi connectivity index (χ0n) is 18.1. The zero-order chi connectivity index (χ0) is 22.7. The van der Waals surface area contributed by atoms with Crippen molar-refractivity contribution in [2.75, 3.05) is 6.54 Å². The molecule has 0 fully saturated rings. The van der Waals surface area contributed by atoms with Gasteiger partial charge >= 0.3 is 6.18 Å². The number of benzene rings is 1. The minimum atomic E-state index is -4.52. The number of rotatable bonds is 2. The van der Waals surface area contributed by atoms with Crippen LogP contribution in [0.15, 0.2) is 24.3 Å². The Morgan fingerprint density at radius 1 is 1.06 bits per heavy atom. The third-order valence-electron chi connectivity index (χ3n) is 6.07. The first-order chi connectivity index (χ1) is 14.5. The van der Waals surface area contributed by atoms with Crippen molar-refractivity contribution in [2.24, 2.45) is 14.1 Å². The summed E-state index contributed by atoms with van der Waals surface area (Å²) in [6.07, 6.45) is -4.01. The molecule has 1 amide bonds. The molecule has 0 aliphatic carbocycles. The van der Waals surface area contributed by atoms with Crippen LogP contribution in [-0.2, 0) is 26.7 Å². The largest absolute Gasteiger partial charge is 0.435 e. The topological polar surface area (TPSA) is 56.0 Å². The summed E-state index contributed by atoms with van der Waals surface area (Å²) in [7, 11) is 3.20. The number of carbonyl (C=O) groups excluding carboxylic acids is 1. The minimum absolute atomic E-state index is 0.0756. The predicted octanol–water partition coefficient (Wildman–Crippen LogP) is 4.22. The number of nitrogens with zero attached hydrogens (tertiary/aromatic N) is 5. The van der Waals surface area contributed by atoms with E-state index < -0.39 is 11.9 Å². The molecule has 4 rings (SSSR count). The summed E-state index contributed by atoms with van der Waals surface area (Å²) in [4.78, 5) is 14.9. The van der Waals surface area contributed by atoms with E-state index in [0.29, 0.717) is 35.6 Å². The van der Waals surface area contributed by atoms with Crippen LogP contribution in [-0.4, -0.2) is 36.9 Å². The molecule has 0 bridgehead atoms. The van der Waals surface area contributed by atoms with Crippen molar-refractivity contribution in [1.82, 2.24) is 24.5 Å². The average Bonchev–Trinajstić information content (AvgIpc) is 3.23. The third-order valence-corrected chi connectivity index (χ3v) is 6.07. The van der Waals surface area contributed by atoms with Gasteiger partial charge in [-0.05, 0) is 56.5 Å².